The molecule has 0 aromatic heterocycles. The summed E-state index contributed by atoms with van der Waals surface area (Å²) >= 11 is 0. The van der Waals surface area contributed by atoms with Crippen LogP contribution in [0.3, 0.4) is 0 Å². The second-order valence-electron chi connectivity index (χ2n) is 6.94. The molecule has 0 amide bonds. The highest BCUT2D eigenvalue weighted by molar-refractivity contribution is 7.91. The molecule has 30 heavy (non-hydrogen) atoms. The standard InChI is InChI=1S/C23H22O6S/c1-15-12-16(2)17(3)22(13-15)29-23(25)14-28-19-6-10-21(11-7-19)30(26,27)20-8-4-18(24)5-9-20/h4-13,24H,14H2,1-3H3. The topological polar surface area (TPSA) is 89.9 Å². The lowest BCUT2D eigenvalue weighted by molar-refractivity contribution is -0.136. The molecule has 7 heteroatoms. The van der Waals surface area contributed by atoms with Crippen LogP contribution in [0.1, 0.15) is 16.7 Å². The summed E-state index contributed by atoms with van der Waals surface area (Å²) in [6.07, 6.45) is 0. The fraction of sp³-hybridized carbons (Fsp3) is 0.174. The highest BCUT2D eigenvalue weighted by Crippen LogP contribution is 2.25. The van der Waals surface area contributed by atoms with E-state index >= 15 is 0 Å². The lowest BCUT2D eigenvalue weighted by Crippen LogP contribution is -2.18. The first-order valence-electron chi connectivity index (χ1n) is 9.22. The highest BCUT2D eigenvalue weighted by Gasteiger charge is 2.18. The predicted molar refractivity (Wildman–Crippen MR) is 112 cm³/mol. The Morgan fingerprint density at radius 1 is 0.900 bits per heavy atom. The molecule has 0 aliphatic heterocycles. The van der Waals surface area contributed by atoms with Crippen LogP contribution < -0.4 is 9.47 Å². The first-order valence-corrected chi connectivity index (χ1v) is 10.7. The van der Waals surface area contributed by atoms with Gasteiger partial charge < -0.3 is 14.6 Å². The molecule has 3 rings (SSSR count). The molecule has 0 bridgehead atoms. The number of phenols is 1. The summed E-state index contributed by atoms with van der Waals surface area (Å²) in [5, 5.41) is 9.32. The Balaban J connectivity index is 1.65. The van der Waals surface area contributed by atoms with E-state index in [1.165, 1.54) is 48.5 Å². The van der Waals surface area contributed by atoms with Gasteiger partial charge in [-0.1, -0.05) is 6.07 Å². The number of rotatable bonds is 6. The van der Waals surface area contributed by atoms with Crippen molar-refractivity contribution in [3.05, 3.63) is 77.4 Å². The third-order valence-electron chi connectivity index (χ3n) is 4.63. The van der Waals surface area contributed by atoms with Crippen molar-refractivity contribution in [1.82, 2.24) is 0 Å². The van der Waals surface area contributed by atoms with Crippen LogP contribution in [0.4, 0.5) is 0 Å². The average molecular weight is 426 g/mol. The Kier molecular flexibility index (Phi) is 6.12. The zero-order chi connectivity index (χ0) is 21.9. The number of hydrogen-bond acceptors (Lipinski definition) is 6. The average Bonchev–Trinajstić information content (AvgIpc) is 2.71. The van der Waals surface area contributed by atoms with E-state index in [4.69, 9.17) is 9.47 Å². The van der Waals surface area contributed by atoms with Gasteiger partial charge in [-0.25, -0.2) is 13.2 Å². The largest absolute Gasteiger partial charge is 0.508 e. The van der Waals surface area contributed by atoms with Gasteiger partial charge >= 0.3 is 5.97 Å². The second-order valence-corrected chi connectivity index (χ2v) is 8.89. The molecule has 0 heterocycles. The summed E-state index contributed by atoms with van der Waals surface area (Å²) in [5.41, 5.74) is 2.91. The molecule has 0 saturated heterocycles. The van der Waals surface area contributed by atoms with E-state index in [1.54, 1.807) is 6.07 Å². The lowest BCUT2D eigenvalue weighted by atomic mass is 10.1. The van der Waals surface area contributed by atoms with Crippen LogP contribution in [0.2, 0.25) is 0 Å². The zero-order valence-corrected chi connectivity index (χ0v) is 17.7. The minimum Gasteiger partial charge on any atom is -0.508 e. The van der Waals surface area contributed by atoms with Crippen LogP contribution in [0, 0.1) is 20.8 Å². The Morgan fingerprint density at radius 2 is 1.47 bits per heavy atom. The number of aromatic hydroxyl groups is 1. The number of carbonyl (C=O) groups excluding carboxylic acids is 1. The van der Waals surface area contributed by atoms with E-state index in [1.807, 2.05) is 26.8 Å². The van der Waals surface area contributed by atoms with Crippen molar-refractivity contribution in [2.24, 2.45) is 0 Å². The molecular formula is C23H22O6S. The van der Waals surface area contributed by atoms with Crippen LogP contribution in [-0.4, -0.2) is 26.1 Å². The van der Waals surface area contributed by atoms with Crippen molar-refractivity contribution in [3.63, 3.8) is 0 Å². The van der Waals surface area contributed by atoms with Gasteiger partial charge in [-0.2, -0.15) is 0 Å². The quantitative estimate of drug-likeness (QED) is 0.471. The molecule has 0 unspecified atom stereocenters. The fourth-order valence-corrected chi connectivity index (χ4v) is 4.14. The Labute approximate surface area is 175 Å². The van der Waals surface area contributed by atoms with E-state index < -0.39 is 15.8 Å². The van der Waals surface area contributed by atoms with Crippen molar-refractivity contribution in [3.8, 4) is 17.2 Å². The first kappa shape index (κ1) is 21.4. The normalized spacial score (nSPS) is 11.2. The molecule has 0 atom stereocenters. The number of sulfone groups is 1. The number of esters is 1. The van der Waals surface area contributed by atoms with Gasteiger partial charge in [-0.05, 0) is 92.1 Å². The van der Waals surface area contributed by atoms with E-state index in [-0.39, 0.29) is 22.1 Å². The third kappa shape index (κ3) is 4.80. The van der Waals surface area contributed by atoms with E-state index in [0.717, 1.165) is 16.7 Å². The van der Waals surface area contributed by atoms with Crippen molar-refractivity contribution in [2.75, 3.05) is 6.61 Å². The predicted octanol–water partition coefficient (Wildman–Crippen LogP) is 4.13. The van der Waals surface area contributed by atoms with E-state index in [9.17, 15) is 18.3 Å². The van der Waals surface area contributed by atoms with Gasteiger partial charge in [-0.15, -0.1) is 0 Å². The first-order chi connectivity index (χ1) is 14.2. The summed E-state index contributed by atoms with van der Waals surface area (Å²) in [5.74, 6) is 0.273. The molecule has 3 aromatic rings. The molecule has 0 spiro atoms. The molecule has 0 radical (unpaired) electrons. The fourth-order valence-electron chi connectivity index (χ4n) is 2.88. The zero-order valence-electron chi connectivity index (χ0n) is 16.9. The van der Waals surface area contributed by atoms with Crippen molar-refractivity contribution >= 4 is 15.8 Å². The molecule has 3 aromatic carbocycles. The van der Waals surface area contributed by atoms with Gasteiger partial charge in [0.15, 0.2) is 6.61 Å². The van der Waals surface area contributed by atoms with Gasteiger partial charge in [0, 0.05) is 0 Å². The summed E-state index contributed by atoms with van der Waals surface area (Å²) in [6.45, 7) is 5.44. The number of aryl methyl sites for hydroxylation is 2. The smallest absolute Gasteiger partial charge is 0.349 e. The van der Waals surface area contributed by atoms with E-state index in [0.29, 0.717) is 11.5 Å². The van der Waals surface area contributed by atoms with Gasteiger partial charge in [0.2, 0.25) is 9.84 Å². The van der Waals surface area contributed by atoms with Crippen LogP contribution in [0.5, 0.6) is 17.2 Å². The molecule has 1 N–H and O–H groups in total. The number of benzene rings is 3. The monoisotopic (exact) mass is 426 g/mol. The minimum absolute atomic E-state index is 0.0133. The molecule has 0 fully saturated rings. The minimum atomic E-state index is -3.72. The second kappa shape index (κ2) is 8.59. The maximum absolute atomic E-state index is 12.6. The van der Waals surface area contributed by atoms with Crippen LogP contribution in [0.15, 0.2) is 70.5 Å². The molecule has 156 valence electrons. The lowest BCUT2D eigenvalue weighted by Gasteiger charge is -2.12. The van der Waals surface area contributed by atoms with Gasteiger partial charge in [0.25, 0.3) is 0 Å². The Morgan fingerprint density at radius 3 is 2.07 bits per heavy atom. The number of ether oxygens (including phenoxy) is 2. The van der Waals surface area contributed by atoms with Gasteiger partial charge in [0.1, 0.15) is 17.2 Å². The molecule has 0 aliphatic rings. The Bertz CT molecular complexity index is 1160. The van der Waals surface area contributed by atoms with Crippen LogP contribution in [0.25, 0.3) is 0 Å². The van der Waals surface area contributed by atoms with E-state index in [2.05, 4.69) is 0 Å². The van der Waals surface area contributed by atoms with Crippen molar-refractivity contribution < 1.29 is 27.8 Å². The number of phenolic OH excluding ortho intramolecular Hbond substituents is 1. The molecule has 6 nitrogen and oxygen atoms in total. The van der Waals surface area contributed by atoms with Gasteiger partial charge in [-0.3, -0.25) is 0 Å². The third-order valence-corrected chi connectivity index (χ3v) is 6.41. The highest BCUT2D eigenvalue weighted by atomic mass is 32.2. The van der Waals surface area contributed by atoms with Crippen LogP contribution in [-0.2, 0) is 14.6 Å². The van der Waals surface area contributed by atoms with Crippen molar-refractivity contribution in [1.29, 1.82) is 0 Å². The van der Waals surface area contributed by atoms with Crippen molar-refractivity contribution in [2.45, 2.75) is 30.6 Å². The van der Waals surface area contributed by atoms with Gasteiger partial charge in [0.05, 0.1) is 9.79 Å². The summed E-state index contributed by atoms with van der Waals surface area (Å²) in [7, 11) is -3.72. The van der Waals surface area contributed by atoms with Crippen LogP contribution >= 0.6 is 0 Å². The number of hydrogen-bond donors (Lipinski definition) is 1. The molecular weight excluding hydrogens is 404 g/mol. The summed E-state index contributed by atoms with van der Waals surface area (Å²) < 4.78 is 36.1. The maximum Gasteiger partial charge on any atom is 0.349 e. The molecule has 0 aliphatic carbocycles. The summed E-state index contributed by atoms with van der Waals surface area (Å²) in [6, 6.07) is 14.8. The molecule has 0 saturated carbocycles. The number of carbonyl (C=O) groups is 1. The Hall–Kier alpha value is -3.32. The maximum atomic E-state index is 12.6. The summed E-state index contributed by atoms with van der Waals surface area (Å²) in [4.78, 5) is 12.3. The SMILES string of the molecule is Cc1cc(C)c(C)c(OC(=O)COc2ccc(S(=O)(=O)c3ccc(O)cc3)cc2)c1.